The largest absolute Gasteiger partial charge is 0.271 e. The van der Waals surface area contributed by atoms with Gasteiger partial charge in [0.1, 0.15) is 0 Å². The predicted molar refractivity (Wildman–Crippen MR) is 74.6 cm³/mol. The van der Waals surface area contributed by atoms with E-state index >= 15 is 0 Å². The first-order valence-electron chi connectivity index (χ1n) is 6.81. The van der Waals surface area contributed by atoms with E-state index in [1.54, 1.807) is 0 Å². The molecule has 96 valence electrons. The van der Waals surface area contributed by atoms with Crippen LogP contribution in [-0.4, -0.2) is 6.04 Å². The SMILES string of the molecule is CCCC(CCC)C(Cc1ccccc1)NN. The number of nitrogens with two attached hydrogens (primary N) is 1. The molecule has 0 saturated heterocycles. The van der Waals surface area contributed by atoms with Crippen LogP contribution in [0, 0.1) is 5.92 Å². The fraction of sp³-hybridized carbons (Fsp3) is 0.600. The normalized spacial score (nSPS) is 12.9. The fourth-order valence-corrected chi connectivity index (χ4v) is 2.52. The van der Waals surface area contributed by atoms with E-state index in [1.165, 1.54) is 31.2 Å². The maximum absolute atomic E-state index is 5.73. The standard InChI is InChI=1S/C15H26N2/c1-3-8-14(9-4-2)15(17-16)12-13-10-6-5-7-11-13/h5-7,10-11,14-15,17H,3-4,8-9,12,16H2,1-2H3. The van der Waals surface area contributed by atoms with Crippen LogP contribution in [0.25, 0.3) is 0 Å². The number of benzene rings is 1. The molecule has 0 aliphatic carbocycles. The van der Waals surface area contributed by atoms with Crippen LogP contribution in [0.3, 0.4) is 0 Å². The van der Waals surface area contributed by atoms with Gasteiger partial charge in [-0.3, -0.25) is 11.3 Å². The number of hydrazine groups is 1. The minimum absolute atomic E-state index is 0.400. The molecule has 0 amide bonds. The maximum atomic E-state index is 5.73. The Bertz CT molecular complexity index is 278. The minimum atomic E-state index is 0.400. The van der Waals surface area contributed by atoms with Crippen molar-refractivity contribution in [2.45, 2.75) is 52.0 Å². The van der Waals surface area contributed by atoms with Crippen LogP contribution in [0.15, 0.2) is 30.3 Å². The predicted octanol–water partition coefficient (Wildman–Crippen LogP) is 3.28. The van der Waals surface area contributed by atoms with Crippen molar-refractivity contribution in [3.8, 4) is 0 Å². The van der Waals surface area contributed by atoms with Crippen LogP contribution in [0.1, 0.15) is 45.1 Å². The van der Waals surface area contributed by atoms with Crippen LogP contribution in [-0.2, 0) is 6.42 Å². The third-order valence-corrected chi connectivity index (χ3v) is 3.40. The number of rotatable bonds is 8. The van der Waals surface area contributed by atoms with Gasteiger partial charge in [-0.15, -0.1) is 0 Å². The van der Waals surface area contributed by atoms with Crippen molar-refractivity contribution in [2.75, 3.05) is 0 Å². The molecule has 0 aliphatic rings. The average molecular weight is 234 g/mol. The molecule has 1 unspecified atom stereocenters. The summed E-state index contributed by atoms with van der Waals surface area (Å²) in [6.45, 7) is 4.50. The molecule has 1 atom stereocenters. The summed E-state index contributed by atoms with van der Waals surface area (Å²) >= 11 is 0. The summed E-state index contributed by atoms with van der Waals surface area (Å²) < 4.78 is 0. The number of hydrogen-bond donors (Lipinski definition) is 2. The third kappa shape index (κ3) is 4.88. The molecule has 1 rings (SSSR count). The lowest BCUT2D eigenvalue weighted by molar-refractivity contribution is 0.311. The van der Waals surface area contributed by atoms with Crippen molar-refractivity contribution in [3.63, 3.8) is 0 Å². The van der Waals surface area contributed by atoms with Gasteiger partial charge in [-0.1, -0.05) is 57.0 Å². The second kappa shape index (κ2) is 8.26. The first-order valence-corrected chi connectivity index (χ1v) is 6.81. The van der Waals surface area contributed by atoms with E-state index in [-0.39, 0.29) is 0 Å². The first-order chi connectivity index (χ1) is 8.31. The highest BCUT2D eigenvalue weighted by Gasteiger charge is 2.19. The Labute approximate surface area is 106 Å². The van der Waals surface area contributed by atoms with Gasteiger partial charge in [0.05, 0.1) is 0 Å². The number of hydrogen-bond acceptors (Lipinski definition) is 2. The van der Waals surface area contributed by atoms with Crippen LogP contribution in [0.4, 0.5) is 0 Å². The maximum Gasteiger partial charge on any atom is 0.0279 e. The summed E-state index contributed by atoms with van der Waals surface area (Å²) in [5.41, 5.74) is 4.39. The van der Waals surface area contributed by atoms with Gasteiger partial charge in [0, 0.05) is 6.04 Å². The summed E-state index contributed by atoms with van der Waals surface area (Å²) in [5.74, 6) is 6.42. The van der Waals surface area contributed by atoms with Crippen LogP contribution in [0.5, 0.6) is 0 Å². The quantitative estimate of drug-likeness (QED) is 0.535. The fourth-order valence-electron chi connectivity index (χ4n) is 2.52. The lowest BCUT2D eigenvalue weighted by Crippen LogP contribution is -2.42. The zero-order valence-corrected chi connectivity index (χ0v) is 11.2. The minimum Gasteiger partial charge on any atom is -0.271 e. The molecular weight excluding hydrogens is 208 g/mol. The van der Waals surface area contributed by atoms with Crippen molar-refractivity contribution >= 4 is 0 Å². The number of nitrogens with one attached hydrogen (secondary N) is 1. The highest BCUT2D eigenvalue weighted by Crippen LogP contribution is 2.20. The zero-order chi connectivity index (χ0) is 12.5. The van der Waals surface area contributed by atoms with E-state index in [9.17, 15) is 0 Å². The van der Waals surface area contributed by atoms with Gasteiger partial charge in [-0.2, -0.15) is 0 Å². The summed E-state index contributed by atoms with van der Waals surface area (Å²) in [4.78, 5) is 0. The van der Waals surface area contributed by atoms with Crippen molar-refractivity contribution in [2.24, 2.45) is 11.8 Å². The molecule has 1 aromatic carbocycles. The zero-order valence-electron chi connectivity index (χ0n) is 11.2. The molecule has 0 fully saturated rings. The summed E-state index contributed by atoms with van der Waals surface area (Å²) in [6, 6.07) is 11.0. The molecule has 0 aliphatic heterocycles. The third-order valence-electron chi connectivity index (χ3n) is 3.40. The second-order valence-corrected chi connectivity index (χ2v) is 4.80. The van der Waals surface area contributed by atoms with E-state index in [1.807, 2.05) is 0 Å². The van der Waals surface area contributed by atoms with E-state index in [4.69, 9.17) is 5.84 Å². The molecule has 17 heavy (non-hydrogen) atoms. The molecule has 0 aromatic heterocycles. The molecule has 0 radical (unpaired) electrons. The summed E-state index contributed by atoms with van der Waals surface area (Å²) in [5, 5.41) is 0. The molecule has 0 heterocycles. The molecule has 2 nitrogen and oxygen atoms in total. The molecule has 0 spiro atoms. The first kappa shape index (κ1) is 14.2. The van der Waals surface area contributed by atoms with Gasteiger partial charge in [-0.25, -0.2) is 0 Å². The highest BCUT2D eigenvalue weighted by molar-refractivity contribution is 5.16. The molecule has 1 aromatic rings. The van der Waals surface area contributed by atoms with Gasteiger partial charge < -0.3 is 0 Å². The van der Waals surface area contributed by atoms with Crippen LogP contribution < -0.4 is 11.3 Å². The van der Waals surface area contributed by atoms with Gasteiger partial charge in [0.25, 0.3) is 0 Å². The molecule has 2 heteroatoms. The Morgan fingerprint density at radius 3 is 2.12 bits per heavy atom. The topological polar surface area (TPSA) is 38.0 Å². The van der Waals surface area contributed by atoms with Crippen molar-refractivity contribution in [3.05, 3.63) is 35.9 Å². The van der Waals surface area contributed by atoms with Gasteiger partial charge in [-0.05, 0) is 30.7 Å². The van der Waals surface area contributed by atoms with E-state index in [0.717, 1.165) is 6.42 Å². The Balaban J connectivity index is 2.61. The van der Waals surface area contributed by atoms with Gasteiger partial charge in [0.15, 0.2) is 0 Å². The van der Waals surface area contributed by atoms with Gasteiger partial charge in [0.2, 0.25) is 0 Å². The van der Waals surface area contributed by atoms with Crippen LogP contribution in [0.2, 0.25) is 0 Å². The van der Waals surface area contributed by atoms with E-state index < -0.39 is 0 Å². The Morgan fingerprint density at radius 1 is 1.06 bits per heavy atom. The lowest BCUT2D eigenvalue weighted by Gasteiger charge is -2.26. The average Bonchev–Trinajstić information content (AvgIpc) is 2.37. The summed E-state index contributed by atoms with van der Waals surface area (Å²) in [7, 11) is 0. The monoisotopic (exact) mass is 234 g/mol. The van der Waals surface area contributed by atoms with Gasteiger partial charge >= 0.3 is 0 Å². The smallest absolute Gasteiger partial charge is 0.0279 e. The van der Waals surface area contributed by atoms with E-state index in [0.29, 0.717) is 12.0 Å². The molecule has 0 bridgehead atoms. The molecule has 0 saturated carbocycles. The van der Waals surface area contributed by atoms with Crippen molar-refractivity contribution in [1.29, 1.82) is 0 Å². The van der Waals surface area contributed by atoms with E-state index in [2.05, 4.69) is 49.6 Å². The lowest BCUT2D eigenvalue weighted by atomic mass is 9.87. The second-order valence-electron chi connectivity index (χ2n) is 4.80. The summed E-state index contributed by atoms with van der Waals surface area (Å²) in [6.07, 6.45) is 6.02. The molecular formula is C15H26N2. The molecule has 3 N–H and O–H groups in total. The Kier molecular flexibility index (Phi) is 6.90. The highest BCUT2D eigenvalue weighted by atomic mass is 15.2. The van der Waals surface area contributed by atoms with Crippen molar-refractivity contribution in [1.82, 2.24) is 5.43 Å². The van der Waals surface area contributed by atoms with Crippen LogP contribution >= 0.6 is 0 Å². The Hall–Kier alpha value is -0.860. The van der Waals surface area contributed by atoms with Crippen molar-refractivity contribution < 1.29 is 0 Å². The Morgan fingerprint density at radius 2 is 1.65 bits per heavy atom.